The van der Waals surface area contributed by atoms with Gasteiger partial charge in [0.2, 0.25) is 0 Å². The highest BCUT2D eigenvalue weighted by Gasteiger charge is 2.25. The van der Waals surface area contributed by atoms with Crippen LogP contribution in [0.4, 0.5) is 0 Å². The van der Waals surface area contributed by atoms with Crippen molar-refractivity contribution in [3.8, 4) is 0 Å². The summed E-state index contributed by atoms with van der Waals surface area (Å²) in [5, 5.41) is 0. The highest BCUT2D eigenvalue weighted by molar-refractivity contribution is 6.18. The Hall–Kier alpha value is 0.250. The summed E-state index contributed by atoms with van der Waals surface area (Å²) in [4.78, 5) is 2.52. The lowest BCUT2D eigenvalue weighted by atomic mass is 9.85. The lowest BCUT2D eigenvalue weighted by molar-refractivity contribution is 0.127. The Kier molecular flexibility index (Phi) is 5.25. The number of hydrogen-bond donors (Lipinski definition) is 0. The second-order valence-electron chi connectivity index (χ2n) is 5.03. The van der Waals surface area contributed by atoms with Crippen molar-refractivity contribution < 1.29 is 0 Å². The maximum atomic E-state index is 5.84. The highest BCUT2D eigenvalue weighted by atomic mass is 35.5. The van der Waals surface area contributed by atoms with Crippen LogP contribution in [0.2, 0.25) is 0 Å². The van der Waals surface area contributed by atoms with Crippen LogP contribution in [0.25, 0.3) is 0 Å². The Labute approximate surface area is 93.8 Å². The normalized spacial score (nSPS) is 30.6. The Morgan fingerprint density at radius 2 is 2.00 bits per heavy atom. The summed E-state index contributed by atoms with van der Waals surface area (Å²) < 4.78 is 0. The average Bonchev–Trinajstić information content (AvgIpc) is 2.18. The topological polar surface area (TPSA) is 3.24 Å². The molecule has 3 unspecified atom stereocenters. The molecule has 1 aliphatic rings. The molecular weight excluding hydrogens is 194 g/mol. The first kappa shape index (κ1) is 12.3. The lowest BCUT2D eigenvalue weighted by Gasteiger charge is -2.37. The van der Waals surface area contributed by atoms with Crippen molar-refractivity contribution >= 4 is 11.6 Å². The van der Waals surface area contributed by atoms with Crippen LogP contribution in [0.5, 0.6) is 0 Å². The van der Waals surface area contributed by atoms with E-state index in [1.165, 1.54) is 25.7 Å². The van der Waals surface area contributed by atoms with Crippen molar-refractivity contribution in [1.29, 1.82) is 0 Å². The van der Waals surface area contributed by atoms with Gasteiger partial charge in [0, 0.05) is 18.5 Å². The predicted molar refractivity (Wildman–Crippen MR) is 63.9 cm³/mol. The fourth-order valence-electron chi connectivity index (χ4n) is 2.63. The fraction of sp³-hybridized carbons (Fsp3) is 1.00. The molecule has 14 heavy (non-hydrogen) atoms. The highest BCUT2D eigenvalue weighted by Crippen LogP contribution is 2.27. The van der Waals surface area contributed by atoms with E-state index in [2.05, 4.69) is 25.8 Å². The second kappa shape index (κ2) is 5.97. The number of hydrogen-bond acceptors (Lipinski definition) is 1. The molecular formula is C12H24ClN. The van der Waals surface area contributed by atoms with E-state index in [1.807, 2.05) is 0 Å². The van der Waals surface area contributed by atoms with Crippen molar-refractivity contribution in [2.45, 2.75) is 45.6 Å². The standard InChI is InChI=1S/C12H24ClN/c1-10(8-13)9-14(3)12-7-5-4-6-11(12)2/h10-12H,4-9H2,1-3H3. The molecule has 0 spiro atoms. The number of nitrogens with zero attached hydrogens (tertiary/aromatic N) is 1. The van der Waals surface area contributed by atoms with E-state index < -0.39 is 0 Å². The number of halogens is 1. The zero-order valence-electron chi connectivity index (χ0n) is 9.80. The molecule has 3 atom stereocenters. The molecule has 0 radical (unpaired) electrons. The first-order valence-electron chi connectivity index (χ1n) is 5.91. The third kappa shape index (κ3) is 3.43. The number of rotatable bonds is 4. The van der Waals surface area contributed by atoms with Gasteiger partial charge >= 0.3 is 0 Å². The van der Waals surface area contributed by atoms with Crippen LogP contribution in [0.1, 0.15) is 39.5 Å². The van der Waals surface area contributed by atoms with Crippen molar-refractivity contribution in [1.82, 2.24) is 4.90 Å². The molecule has 0 aliphatic heterocycles. The SMILES string of the molecule is CC(CCl)CN(C)C1CCCCC1C. The first-order chi connectivity index (χ1) is 6.65. The van der Waals surface area contributed by atoms with Gasteiger partial charge in [-0.25, -0.2) is 0 Å². The van der Waals surface area contributed by atoms with Gasteiger partial charge < -0.3 is 4.90 Å². The largest absolute Gasteiger partial charge is 0.303 e. The molecule has 2 heteroatoms. The average molecular weight is 218 g/mol. The maximum Gasteiger partial charge on any atom is 0.0261 e. The Bertz CT molecular complexity index is 160. The van der Waals surface area contributed by atoms with Gasteiger partial charge in [0.15, 0.2) is 0 Å². The third-order valence-corrected chi connectivity index (χ3v) is 4.02. The molecule has 84 valence electrons. The van der Waals surface area contributed by atoms with E-state index >= 15 is 0 Å². The zero-order chi connectivity index (χ0) is 10.6. The summed E-state index contributed by atoms with van der Waals surface area (Å²) in [6.07, 6.45) is 5.63. The molecule has 0 aromatic carbocycles. The van der Waals surface area contributed by atoms with E-state index in [0.717, 1.165) is 24.4 Å². The van der Waals surface area contributed by atoms with Gasteiger partial charge in [-0.15, -0.1) is 11.6 Å². The summed E-state index contributed by atoms with van der Waals surface area (Å²) in [6, 6.07) is 0.800. The Morgan fingerprint density at radius 3 is 2.57 bits per heavy atom. The predicted octanol–water partition coefficient (Wildman–Crippen LogP) is 3.37. The van der Waals surface area contributed by atoms with Crippen LogP contribution in [-0.2, 0) is 0 Å². The molecule has 1 rings (SSSR count). The smallest absolute Gasteiger partial charge is 0.0261 e. The molecule has 1 nitrogen and oxygen atoms in total. The third-order valence-electron chi connectivity index (χ3n) is 3.50. The minimum Gasteiger partial charge on any atom is -0.303 e. The Morgan fingerprint density at radius 1 is 1.36 bits per heavy atom. The molecule has 1 fully saturated rings. The van der Waals surface area contributed by atoms with E-state index in [4.69, 9.17) is 11.6 Å². The van der Waals surface area contributed by atoms with Crippen LogP contribution in [-0.4, -0.2) is 30.4 Å². The van der Waals surface area contributed by atoms with Crippen LogP contribution in [0.3, 0.4) is 0 Å². The van der Waals surface area contributed by atoms with Crippen LogP contribution < -0.4 is 0 Å². The molecule has 0 aromatic heterocycles. The summed E-state index contributed by atoms with van der Waals surface area (Å²) >= 11 is 5.84. The van der Waals surface area contributed by atoms with E-state index in [-0.39, 0.29) is 0 Å². The van der Waals surface area contributed by atoms with E-state index in [1.54, 1.807) is 0 Å². The van der Waals surface area contributed by atoms with Crippen LogP contribution in [0, 0.1) is 11.8 Å². The van der Waals surface area contributed by atoms with Gasteiger partial charge in [0.25, 0.3) is 0 Å². The molecule has 0 heterocycles. The molecule has 0 saturated heterocycles. The minimum absolute atomic E-state index is 0.621. The summed E-state index contributed by atoms with van der Waals surface area (Å²) in [6.45, 7) is 5.78. The van der Waals surface area contributed by atoms with Crippen molar-refractivity contribution in [2.75, 3.05) is 19.5 Å². The molecule has 1 aliphatic carbocycles. The molecule has 1 saturated carbocycles. The summed E-state index contributed by atoms with van der Waals surface area (Å²) in [5.74, 6) is 2.28. The lowest BCUT2D eigenvalue weighted by Crippen LogP contribution is -2.41. The van der Waals surface area contributed by atoms with E-state index in [9.17, 15) is 0 Å². The minimum atomic E-state index is 0.621. The summed E-state index contributed by atoms with van der Waals surface area (Å²) in [5.41, 5.74) is 0. The van der Waals surface area contributed by atoms with Gasteiger partial charge in [0.1, 0.15) is 0 Å². The number of alkyl halides is 1. The quantitative estimate of drug-likeness (QED) is 0.653. The monoisotopic (exact) mass is 217 g/mol. The Balaban J connectivity index is 2.37. The van der Waals surface area contributed by atoms with Gasteiger partial charge in [-0.1, -0.05) is 26.7 Å². The van der Waals surface area contributed by atoms with Gasteiger partial charge in [0.05, 0.1) is 0 Å². The van der Waals surface area contributed by atoms with Crippen molar-refractivity contribution in [2.24, 2.45) is 11.8 Å². The molecule has 0 bridgehead atoms. The second-order valence-corrected chi connectivity index (χ2v) is 5.34. The van der Waals surface area contributed by atoms with E-state index in [0.29, 0.717) is 5.92 Å². The van der Waals surface area contributed by atoms with Crippen LogP contribution in [0.15, 0.2) is 0 Å². The molecule has 0 aromatic rings. The van der Waals surface area contributed by atoms with Crippen molar-refractivity contribution in [3.05, 3.63) is 0 Å². The molecule has 0 amide bonds. The zero-order valence-corrected chi connectivity index (χ0v) is 10.6. The molecule has 0 N–H and O–H groups in total. The van der Waals surface area contributed by atoms with Gasteiger partial charge in [-0.2, -0.15) is 0 Å². The van der Waals surface area contributed by atoms with Gasteiger partial charge in [-0.05, 0) is 31.7 Å². The maximum absolute atomic E-state index is 5.84. The van der Waals surface area contributed by atoms with Crippen molar-refractivity contribution in [3.63, 3.8) is 0 Å². The van der Waals surface area contributed by atoms with Crippen LogP contribution >= 0.6 is 11.6 Å². The first-order valence-corrected chi connectivity index (χ1v) is 6.44. The van der Waals surface area contributed by atoms with Gasteiger partial charge in [-0.3, -0.25) is 0 Å². The fourth-order valence-corrected chi connectivity index (χ4v) is 2.72. The summed E-state index contributed by atoms with van der Waals surface area (Å²) in [7, 11) is 2.26.